The summed E-state index contributed by atoms with van der Waals surface area (Å²) in [5, 5.41) is 12.8. The maximum absolute atomic E-state index is 13.9. The number of rotatable bonds is 2. The summed E-state index contributed by atoms with van der Waals surface area (Å²) in [5.74, 6) is -0.271. The minimum atomic E-state index is -0.377. The average molecular weight is 391 g/mol. The van der Waals surface area contributed by atoms with Gasteiger partial charge in [0.1, 0.15) is 18.2 Å². The molecule has 4 rings (SSSR count). The van der Waals surface area contributed by atoms with Crippen LogP contribution >= 0.6 is 0 Å². The number of halogens is 1. The van der Waals surface area contributed by atoms with Gasteiger partial charge in [-0.1, -0.05) is 6.07 Å². The fourth-order valence-corrected chi connectivity index (χ4v) is 4.44. The first-order valence-corrected chi connectivity index (χ1v) is 9.92. The van der Waals surface area contributed by atoms with E-state index < -0.39 is 0 Å². The lowest BCUT2D eigenvalue weighted by Crippen LogP contribution is -2.62. The number of fused-ring (bicyclic) bond motifs is 1. The van der Waals surface area contributed by atoms with Crippen molar-refractivity contribution in [1.82, 2.24) is 15.1 Å². The van der Waals surface area contributed by atoms with Crippen molar-refractivity contribution in [3.8, 4) is 5.75 Å². The third-order valence-electron chi connectivity index (χ3n) is 6.07. The van der Waals surface area contributed by atoms with Crippen LogP contribution in [0.5, 0.6) is 5.75 Å². The number of carbonyl (C=O) groups excluding carboxylic acids is 2. The summed E-state index contributed by atoms with van der Waals surface area (Å²) >= 11 is 0. The number of urea groups is 1. The van der Waals surface area contributed by atoms with E-state index in [9.17, 15) is 19.1 Å². The van der Waals surface area contributed by atoms with Gasteiger partial charge in [-0.2, -0.15) is 0 Å². The molecule has 0 radical (unpaired) electrons. The summed E-state index contributed by atoms with van der Waals surface area (Å²) in [6.45, 7) is 2.43. The second-order valence-corrected chi connectivity index (χ2v) is 7.91. The highest BCUT2D eigenvalue weighted by molar-refractivity contribution is 5.79. The number of benzene rings is 1. The molecule has 3 aliphatic heterocycles. The number of nitrogens with zero attached hydrogens (tertiary/aromatic N) is 2. The van der Waals surface area contributed by atoms with E-state index in [2.05, 4.69) is 5.32 Å². The Balaban J connectivity index is 1.30. The zero-order valence-electron chi connectivity index (χ0n) is 15.8. The standard InChI is InChI=1S/C20H26FN3O4/c21-15-2-1-3-17(25)14(15)10-13-4-7-23(8-5-13)20(27)24-9-6-18-16(11-24)22-19(26)12-28-18/h1-3,13,16,18,25H,4-12H2,(H,22,26)/t16-,18+/m1/s1. The highest BCUT2D eigenvalue weighted by Gasteiger charge is 2.38. The number of aromatic hydroxyl groups is 1. The first-order chi connectivity index (χ1) is 13.5. The average Bonchev–Trinajstić information content (AvgIpc) is 2.70. The number of nitrogens with one attached hydrogen (secondary N) is 1. The monoisotopic (exact) mass is 391 g/mol. The van der Waals surface area contributed by atoms with Crippen LogP contribution < -0.4 is 5.32 Å². The molecule has 2 N–H and O–H groups in total. The summed E-state index contributed by atoms with van der Waals surface area (Å²) in [4.78, 5) is 28.0. The van der Waals surface area contributed by atoms with Gasteiger partial charge in [0, 0.05) is 31.7 Å². The number of amides is 3. The third-order valence-corrected chi connectivity index (χ3v) is 6.07. The van der Waals surface area contributed by atoms with Crippen molar-refractivity contribution in [2.24, 2.45) is 5.92 Å². The number of piperidine rings is 2. The van der Waals surface area contributed by atoms with Crippen LogP contribution in [0.15, 0.2) is 18.2 Å². The molecular formula is C20H26FN3O4. The van der Waals surface area contributed by atoms with Crippen LogP contribution in [0, 0.1) is 11.7 Å². The highest BCUT2D eigenvalue weighted by Crippen LogP contribution is 2.29. The Hall–Kier alpha value is -2.35. The largest absolute Gasteiger partial charge is 0.508 e. The molecule has 0 aliphatic carbocycles. The number of morpholine rings is 1. The molecule has 0 unspecified atom stereocenters. The smallest absolute Gasteiger partial charge is 0.320 e. The number of ether oxygens (including phenoxy) is 1. The van der Waals surface area contributed by atoms with Crippen LogP contribution in [0.2, 0.25) is 0 Å². The quantitative estimate of drug-likeness (QED) is 0.801. The van der Waals surface area contributed by atoms with Crippen molar-refractivity contribution in [3.05, 3.63) is 29.6 Å². The Kier molecular flexibility index (Phi) is 5.39. The summed E-state index contributed by atoms with van der Waals surface area (Å²) in [6.07, 6.45) is 2.75. The third kappa shape index (κ3) is 3.92. The second-order valence-electron chi connectivity index (χ2n) is 7.91. The predicted molar refractivity (Wildman–Crippen MR) is 99.3 cm³/mol. The molecular weight excluding hydrogens is 365 g/mol. The van der Waals surface area contributed by atoms with Crippen molar-refractivity contribution in [1.29, 1.82) is 0 Å². The van der Waals surface area contributed by atoms with Crippen LogP contribution in [0.25, 0.3) is 0 Å². The lowest BCUT2D eigenvalue weighted by atomic mass is 9.89. The summed E-state index contributed by atoms with van der Waals surface area (Å²) in [6, 6.07) is 4.23. The van der Waals surface area contributed by atoms with Gasteiger partial charge >= 0.3 is 6.03 Å². The molecule has 7 nitrogen and oxygen atoms in total. The minimum absolute atomic E-state index is 0.00174. The minimum Gasteiger partial charge on any atom is -0.508 e. The molecule has 0 saturated carbocycles. The lowest BCUT2D eigenvalue weighted by molar-refractivity contribution is -0.139. The first kappa shape index (κ1) is 19.0. The maximum Gasteiger partial charge on any atom is 0.320 e. The predicted octanol–water partition coefficient (Wildman–Crippen LogP) is 1.50. The fraction of sp³-hybridized carbons (Fsp3) is 0.600. The van der Waals surface area contributed by atoms with Crippen LogP contribution in [0.3, 0.4) is 0 Å². The topological polar surface area (TPSA) is 82.1 Å². The zero-order chi connectivity index (χ0) is 19.7. The normalized spacial score (nSPS) is 26.0. The molecule has 8 heteroatoms. The maximum atomic E-state index is 13.9. The van der Waals surface area contributed by atoms with E-state index in [1.54, 1.807) is 4.90 Å². The van der Waals surface area contributed by atoms with Crippen molar-refractivity contribution >= 4 is 11.9 Å². The number of phenols is 1. The second kappa shape index (κ2) is 7.95. The van der Waals surface area contributed by atoms with Crippen LogP contribution in [0.1, 0.15) is 24.8 Å². The zero-order valence-corrected chi connectivity index (χ0v) is 15.8. The fourth-order valence-electron chi connectivity index (χ4n) is 4.44. The van der Waals surface area contributed by atoms with E-state index in [0.717, 1.165) is 19.3 Å². The molecule has 0 spiro atoms. The molecule has 2 atom stereocenters. The van der Waals surface area contributed by atoms with Crippen LogP contribution in [-0.2, 0) is 16.0 Å². The van der Waals surface area contributed by atoms with Gasteiger partial charge in [-0.15, -0.1) is 0 Å². The highest BCUT2D eigenvalue weighted by atomic mass is 19.1. The summed E-state index contributed by atoms with van der Waals surface area (Å²) in [7, 11) is 0. The number of hydrogen-bond acceptors (Lipinski definition) is 4. The molecule has 28 heavy (non-hydrogen) atoms. The van der Waals surface area contributed by atoms with Crippen LogP contribution in [-0.4, -0.2) is 71.8 Å². The number of carbonyl (C=O) groups is 2. The molecule has 0 bridgehead atoms. The SMILES string of the molecule is O=C1CO[C@H]2CCN(C(=O)N3CCC(Cc4c(O)cccc4F)CC3)C[C@H]2N1. The Morgan fingerprint density at radius 3 is 2.71 bits per heavy atom. The molecule has 3 heterocycles. The van der Waals surface area contributed by atoms with Crippen molar-refractivity contribution in [2.75, 3.05) is 32.8 Å². The molecule has 3 amide bonds. The van der Waals surface area contributed by atoms with Gasteiger partial charge in [0.05, 0.1) is 12.1 Å². The van der Waals surface area contributed by atoms with Gasteiger partial charge < -0.3 is 25.0 Å². The van der Waals surface area contributed by atoms with E-state index in [4.69, 9.17) is 4.74 Å². The van der Waals surface area contributed by atoms with E-state index in [0.29, 0.717) is 38.2 Å². The first-order valence-electron chi connectivity index (χ1n) is 9.92. The molecule has 3 fully saturated rings. The van der Waals surface area contributed by atoms with Gasteiger partial charge in [0.15, 0.2) is 0 Å². The van der Waals surface area contributed by atoms with Gasteiger partial charge in [0.2, 0.25) is 5.91 Å². The van der Waals surface area contributed by atoms with Gasteiger partial charge in [-0.3, -0.25) is 4.79 Å². The van der Waals surface area contributed by atoms with Crippen molar-refractivity contribution in [2.45, 2.75) is 37.8 Å². The Morgan fingerprint density at radius 2 is 1.96 bits per heavy atom. The van der Waals surface area contributed by atoms with Gasteiger partial charge in [0.25, 0.3) is 0 Å². The molecule has 3 aliphatic rings. The molecule has 152 valence electrons. The van der Waals surface area contributed by atoms with Gasteiger partial charge in [-0.25, -0.2) is 9.18 Å². The van der Waals surface area contributed by atoms with E-state index in [1.807, 2.05) is 4.90 Å². The van der Waals surface area contributed by atoms with Crippen molar-refractivity contribution < 1.29 is 23.8 Å². The van der Waals surface area contributed by atoms with Crippen LogP contribution in [0.4, 0.5) is 9.18 Å². The summed E-state index contributed by atoms with van der Waals surface area (Å²) in [5.41, 5.74) is 0.363. The Bertz CT molecular complexity index is 731. The lowest BCUT2D eigenvalue weighted by Gasteiger charge is -2.43. The molecule has 0 aromatic heterocycles. The van der Waals surface area contributed by atoms with E-state index >= 15 is 0 Å². The number of likely N-dealkylation sites (tertiary alicyclic amines) is 2. The van der Waals surface area contributed by atoms with Gasteiger partial charge in [-0.05, 0) is 43.7 Å². The number of phenolic OH excluding ortho intramolecular Hbond substituents is 1. The molecule has 1 aromatic carbocycles. The van der Waals surface area contributed by atoms with E-state index in [-0.39, 0.29) is 48.2 Å². The molecule has 1 aromatic rings. The van der Waals surface area contributed by atoms with E-state index in [1.165, 1.54) is 18.2 Å². The number of hydrogen-bond donors (Lipinski definition) is 2. The van der Waals surface area contributed by atoms with Crippen molar-refractivity contribution in [3.63, 3.8) is 0 Å². The Labute approximate surface area is 163 Å². The molecule has 3 saturated heterocycles. The Morgan fingerprint density at radius 1 is 1.21 bits per heavy atom. The summed E-state index contributed by atoms with van der Waals surface area (Å²) < 4.78 is 19.5.